The van der Waals surface area contributed by atoms with Gasteiger partial charge in [-0.25, -0.2) is 4.39 Å². The van der Waals surface area contributed by atoms with E-state index in [1.807, 2.05) is 15.9 Å². The molecule has 2 saturated heterocycles. The number of hydrogen-bond donors (Lipinski definition) is 0. The van der Waals surface area contributed by atoms with Crippen molar-refractivity contribution in [3.05, 3.63) is 29.6 Å². The van der Waals surface area contributed by atoms with Crippen LogP contribution in [-0.2, 0) is 9.53 Å². The number of ether oxygens (including phenoxy) is 1. The van der Waals surface area contributed by atoms with Crippen LogP contribution in [0.15, 0.2) is 18.2 Å². The van der Waals surface area contributed by atoms with Crippen molar-refractivity contribution in [1.82, 2.24) is 9.80 Å². The maximum Gasteiger partial charge on any atom is 0.224 e. The summed E-state index contributed by atoms with van der Waals surface area (Å²) in [4.78, 5) is 18.4. The van der Waals surface area contributed by atoms with Crippen molar-refractivity contribution in [3.63, 3.8) is 0 Å². The number of anilines is 1. The third-order valence-electron chi connectivity index (χ3n) is 4.82. The van der Waals surface area contributed by atoms with Crippen molar-refractivity contribution in [2.75, 3.05) is 63.9 Å². The highest BCUT2D eigenvalue weighted by molar-refractivity contribution is 5.76. The Morgan fingerprint density at radius 2 is 1.88 bits per heavy atom. The smallest absolute Gasteiger partial charge is 0.224 e. The number of halogens is 1. The minimum absolute atomic E-state index is 0.110. The standard InChI is InChI=1S/C18H23FN4O2/c19-16-2-1-3-17(15(16)14-20)22-8-6-21(7-9-22)5-4-18(24)23-10-12-25-13-11-23/h1-3H,4-13H2. The van der Waals surface area contributed by atoms with Gasteiger partial charge < -0.3 is 14.5 Å². The maximum atomic E-state index is 13.8. The van der Waals surface area contributed by atoms with Crippen LogP contribution in [0.3, 0.4) is 0 Å². The van der Waals surface area contributed by atoms with Crippen LogP contribution in [0, 0.1) is 17.1 Å². The van der Waals surface area contributed by atoms with E-state index in [-0.39, 0.29) is 11.5 Å². The average Bonchev–Trinajstić information content (AvgIpc) is 2.67. The number of carbonyl (C=O) groups is 1. The van der Waals surface area contributed by atoms with Crippen molar-refractivity contribution >= 4 is 11.6 Å². The summed E-state index contributed by atoms with van der Waals surface area (Å²) in [6.07, 6.45) is 0.517. The van der Waals surface area contributed by atoms with Gasteiger partial charge in [-0.1, -0.05) is 6.07 Å². The van der Waals surface area contributed by atoms with Crippen LogP contribution in [-0.4, -0.2) is 74.7 Å². The minimum atomic E-state index is -0.474. The second kappa shape index (κ2) is 8.28. The van der Waals surface area contributed by atoms with Gasteiger partial charge in [-0.15, -0.1) is 0 Å². The fourth-order valence-corrected chi connectivity index (χ4v) is 3.32. The predicted octanol–water partition coefficient (Wildman–Crippen LogP) is 1.07. The first kappa shape index (κ1) is 17.6. The Labute approximate surface area is 147 Å². The first-order valence-corrected chi connectivity index (χ1v) is 8.70. The predicted molar refractivity (Wildman–Crippen MR) is 91.8 cm³/mol. The second-order valence-electron chi connectivity index (χ2n) is 6.32. The molecule has 134 valence electrons. The molecule has 25 heavy (non-hydrogen) atoms. The minimum Gasteiger partial charge on any atom is -0.378 e. The molecule has 0 atom stereocenters. The van der Waals surface area contributed by atoms with Crippen LogP contribution in [0.5, 0.6) is 0 Å². The van der Waals surface area contributed by atoms with Crippen molar-refractivity contribution in [2.24, 2.45) is 0 Å². The molecule has 2 aliphatic rings. The lowest BCUT2D eigenvalue weighted by atomic mass is 10.1. The van der Waals surface area contributed by atoms with Crippen LogP contribution >= 0.6 is 0 Å². The van der Waals surface area contributed by atoms with E-state index >= 15 is 0 Å². The molecular weight excluding hydrogens is 323 g/mol. The quantitative estimate of drug-likeness (QED) is 0.816. The highest BCUT2D eigenvalue weighted by Gasteiger charge is 2.22. The highest BCUT2D eigenvalue weighted by Crippen LogP contribution is 2.23. The lowest BCUT2D eigenvalue weighted by Gasteiger charge is -2.36. The molecule has 2 fully saturated rings. The zero-order valence-corrected chi connectivity index (χ0v) is 14.3. The summed E-state index contributed by atoms with van der Waals surface area (Å²) in [5, 5.41) is 9.17. The molecule has 0 bridgehead atoms. The van der Waals surface area contributed by atoms with Gasteiger partial charge in [-0.05, 0) is 12.1 Å². The van der Waals surface area contributed by atoms with Crippen LogP contribution < -0.4 is 4.90 Å². The van der Waals surface area contributed by atoms with Crippen molar-refractivity contribution in [3.8, 4) is 6.07 Å². The first-order valence-electron chi connectivity index (χ1n) is 8.70. The number of amides is 1. The second-order valence-corrected chi connectivity index (χ2v) is 6.32. The molecule has 1 aromatic rings. The Balaban J connectivity index is 1.48. The molecule has 0 unspecified atom stereocenters. The Kier molecular flexibility index (Phi) is 5.84. The largest absolute Gasteiger partial charge is 0.378 e. The molecule has 2 heterocycles. The van der Waals surface area contributed by atoms with Crippen LogP contribution in [0.25, 0.3) is 0 Å². The summed E-state index contributed by atoms with van der Waals surface area (Å²) in [5.74, 6) is -0.291. The summed E-state index contributed by atoms with van der Waals surface area (Å²) in [6.45, 7) is 6.41. The number of rotatable bonds is 4. The van der Waals surface area contributed by atoms with E-state index < -0.39 is 5.82 Å². The third-order valence-corrected chi connectivity index (χ3v) is 4.82. The fourth-order valence-electron chi connectivity index (χ4n) is 3.32. The number of benzene rings is 1. The van der Waals surface area contributed by atoms with Crippen LogP contribution in [0.1, 0.15) is 12.0 Å². The van der Waals surface area contributed by atoms with E-state index in [0.29, 0.717) is 38.4 Å². The first-order chi connectivity index (χ1) is 12.2. The fraction of sp³-hybridized carbons (Fsp3) is 0.556. The number of morpholine rings is 1. The highest BCUT2D eigenvalue weighted by atomic mass is 19.1. The van der Waals surface area contributed by atoms with E-state index in [1.54, 1.807) is 12.1 Å². The van der Waals surface area contributed by atoms with E-state index in [0.717, 1.165) is 32.7 Å². The van der Waals surface area contributed by atoms with Crippen molar-refractivity contribution in [2.45, 2.75) is 6.42 Å². The van der Waals surface area contributed by atoms with Crippen molar-refractivity contribution in [1.29, 1.82) is 5.26 Å². The van der Waals surface area contributed by atoms with Gasteiger partial charge in [0.15, 0.2) is 0 Å². The van der Waals surface area contributed by atoms with Gasteiger partial charge in [-0.3, -0.25) is 9.69 Å². The molecule has 0 aliphatic carbocycles. The van der Waals surface area contributed by atoms with Gasteiger partial charge >= 0.3 is 0 Å². The molecule has 0 saturated carbocycles. The molecule has 7 heteroatoms. The van der Waals surface area contributed by atoms with Gasteiger partial charge in [0, 0.05) is 52.2 Å². The van der Waals surface area contributed by atoms with Gasteiger partial charge in [0.1, 0.15) is 17.4 Å². The molecule has 1 amide bonds. The van der Waals surface area contributed by atoms with Gasteiger partial charge in [-0.2, -0.15) is 5.26 Å². The van der Waals surface area contributed by atoms with E-state index in [2.05, 4.69) is 4.90 Å². The summed E-state index contributed by atoms with van der Waals surface area (Å²) in [6, 6.07) is 6.70. The number of hydrogen-bond acceptors (Lipinski definition) is 5. The normalized spacial score (nSPS) is 18.9. The molecule has 0 radical (unpaired) electrons. The maximum absolute atomic E-state index is 13.8. The Morgan fingerprint density at radius 1 is 1.16 bits per heavy atom. The van der Waals surface area contributed by atoms with E-state index in [9.17, 15) is 14.4 Å². The molecule has 3 rings (SSSR count). The average molecular weight is 346 g/mol. The number of nitrogens with zero attached hydrogens (tertiary/aromatic N) is 4. The molecule has 1 aromatic carbocycles. The van der Waals surface area contributed by atoms with E-state index in [4.69, 9.17) is 4.74 Å². The Bertz CT molecular complexity index is 647. The number of nitriles is 1. The molecule has 0 N–H and O–H groups in total. The summed E-state index contributed by atoms with van der Waals surface area (Å²) < 4.78 is 19.0. The van der Waals surface area contributed by atoms with Gasteiger partial charge in [0.2, 0.25) is 5.91 Å². The molecule has 2 aliphatic heterocycles. The SMILES string of the molecule is N#Cc1c(F)cccc1N1CCN(CCC(=O)N2CCOCC2)CC1. The van der Waals surface area contributed by atoms with E-state index in [1.165, 1.54) is 6.07 Å². The zero-order chi connectivity index (χ0) is 17.6. The molecule has 0 spiro atoms. The lowest BCUT2D eigenvalue weighted by molar-refractivity contribution is -0.135. The van der Waals surface area contributed by atoms with Crippen LogP contribution in [0.2, 0.25) is 0 Å². The topological polar surface area (TPSA) is 59.8 Å². The summed E-state index contributed by atoms with van der Waals surface area (Å²) >= 11 is 0. The number of carbonyl (C=O) groups excluding carboxylic acids is 1. The van der Waals surface area contributed by atoms with Crippen molar-refractivity contribution < 1.29 is 13.9 Å². The molecular formula is C18H23FN4O2. The lowest BCUT2D eigenvalue weighted by Crippen LogP contribution is -2.48. The monoisotopic (exact) mass is 346 g/mol. The molecule has 0 aromatic heterocycles. The number of piperazine rings is 1. The van der Waals surface area contributed by atoms with Gasteiger partial charge in [0.05, 0.1) is 18.9 Å². The molecule has 6 nitrogen and oxygen atoms in total. The zero-order valence-electron chi connectivity index (χ0n) is 14.3. The Hall–Kier alpha value is -2.17. The van der Waals surface area contributed by atoms with Gasteiger partial charge in [0.25, 0.3) is 0 Å². The third kappa shape index (κ3) is 4.27. The Morgan fingerprint density at radius 3 is 2.56 bits per heavy atom. The summed E-state index contributed by atoms with van der Waals surface area (Å²) in [7, 11) is 0. The summed E-state index contributed by atoms with van der Waals surface area (Å²) in [5.41, 5.74) is 0.769. The van der Waals surface area contributed by atoms with Crippen LogP contribution in [0.4, 0.5) is 10.1 Å².